The summed E-state index contributed by atoms with van der Waals surface area (Å²) in [7, 11) is 0. The van der Waals surface area contributed by atoms with Crippen molar-refractivity contribution in [2.75, 3.05) is 22.9 Å². The second kappa shape index (κ2) is 10.2. The summed E-state index contributed by atoms with van der Waals surface area (Å²) in [4.78, 5) is 28.3. The average molecular weight is 517 g/mol. The third kappa shape index (κ3) is 5.12. The number of amides is 1. The molecule has 1 N–H and O–H groups in total. The van der Waals surface area contributed by atoms with E-state index in [1.54, 1.807) is 4.90 Å². The fourth-order valence-electron chi connectivity index (χ4n) is 3.81. The standard InChI is InChI=1S/C25H22Cl2N2O4S/c1-2-21(33-22-14-17(26)15(13-18(22)27)7-10-23(30)31)24(34)25(32)29-12-11-28(16-8-9-16)19-5-3-4-6-20(19)29/h2-7,10,13-14,16,34H,1,8-9,11-12H2,(H,30,31)/b10-7+,24-21+. The number of carbonyl (C=O) groups excluding carboxylic acids is 1. The summed E-state index contributed by atoms with van der Waals surface area (Å²) in [6, 6.07) is 11.3. The maximum absolute atomic E-state index is 13.4. The Morgan fingerprint density at radius 3 is 2.47 bits per heavy atom. The van der Waals surface area contributed by atoms with Gasteiger partial charge in [0.15, 0.2) is 0 Å². The van der Waals surface area contributed by atoms with Crippen LogP contribution in [0.15, 0.2) is 65.8 Å². The van der Waals surface area contributed by atoms with Gasteiger partial charge in [0.05, 0.1) is 21.4 Å². The number of hydrogen-bond donors (Lipinski definition) is 2. The second-order valence-corrected chi connectivity index (χ2v) is 9.13. The molecule has 0 radical (unpaired) electrons. The number of carboxylic acids is 1. The van der Waals surface area contributed by atoms with E-state index < -0.39 is 5.97 Å². The molecule has 0 bridgehead atoms. The molecule has 4 rings (SSSR count). The van der Waals surface area contributed by atoms with Crippen molar-refractivity contribution >= 4 is 65.2 Å². The molecule has 0 unspecified atom stereocenters. The van der Waals surface area contributed by atoms with Crippen molar-refractivity contribution in [3.05, 3.63) is 81.4 Å². The zero-order valence-corrected chi connectivity index (χ0v) is 20.5. The molecule has 34 heavy (non-hydrogen) atoms. The Morgan fingerprint density at radius 1 is 1.12 bits per heavy atom. The number of carboxylic acid groups (broad SMARTS) is 1. The number of rotatable bonds is 7. The van der Waals surface area contributed by atoms with E-state index >= 15 is 0 Å². The smallest absolute Gasteiger partial charge is 0.328 e. The maximum atomic E-state index is 13.4. The van der Waals surface area contributed by atoms with Crippen LogP contribution in [0.5, 0.6) is 5.75 Å². The summed E-state index contributed by atoms with van der Waals surface area (Å²) >= 11 is 17.0. The molecule has 1 aliphatic carbocycles. The lowest BCUT2D eigenvalue weighted by Crippen LogP contribution is -2.45. The normalized spacial score (nSPS) is 16.2. The van der Waals surface area contributed by atoms with Crippen LogP contribution >= 0.6 is 35.8 Å². The van der Waals surface area contributed by atoms with Crippen molar-refractivity contribution in [2.45, 2.75) is 18.9 Å². The molecule has 1 amide bonds. The van der Waals surface area contributed by atoms with Crippen molar-refractivity contribution in [3.8, 4) is 5.75 Å². The minimum absolute atomic E-state index is 0.0757. The van der Waals surface area contributed by atoms with Gasteiger partial charge in [0, 0.05) is 31.3 Å². The number of allylic oxidation sites excluding steroid dienone is 1. The molecule has 6 nitrogen and oxygen atoms in total. The van der Waals surface area contributed by atoms with E-state index in [0.717, 1.165) is 24.0 Å². The number of hydrogen-bond acceptors (Lipinski definition) is 5. The largest absolute Gasteiger partial charge is 0.478 e. The van der Waals surface area contributed by atoms with Gasteiger partial charge in [-0.1, -0.05) is 41.9 Å². The lowest BCUT2D eigenvalue weighted by Gasteiger charge is -2.38. The van der Waals surface area contributed by atoms with Crippen LogP contribution in [0.1, 0.15) is 18.4 Å². The third-order valence-corrected chi connectivity index (χ3v) is 6.61. The molecule has 1 heterocycles. The Balaban J connectivity index is 1.61. The van der Waals surface area contributed by atoms with E-state index in [2.05, 4.69) is 24.1 Å². The number of ether oxygens (including phenoxy) is 1. The lowest BCUT2D eigenvalue weighted by molar-refractivity contribution is -0.131. The minimum atomic E-state index is -1.11. The number of aliphatic carboxylic acids is 1. The first-order valence-corrected chi connectivity index (χ1v) is 11.8. The summed E-state index contributed by atoms with van der Waals surface area (Å²) in [5.41, 5.74) is 2.28. The van der Waals surface area contributed by atoms with E-state index in [1.165, 1.54) is 37.1 Å². The topological polar surface area (TPSA) is 70.1 Å². The molecule has 0 atom stereocenters. The molecule has 2 aliphatic rings. The Morgan fingerprint density at radius 2 is 1.82 bits per heavy atom. The molecule has 176 valence electrons. The summed E-state index contributed by atoms with van der Waals surface area (Å²) in [6.07, 6.45) is 6.01. The van der Waals surface area contributed by atoms with Crippen LogP contribution in [0.25, 0.3) is 6.08 Å². The number of para-hydroxylation sites is 2. The zero-order chi connectivity index (χ0) is 24.4. The molecule has 0 saturated heterocycles. The van der Waals surface area contributed by atoms with E-state index in [4.69, 9.17) is 33.0 Å². The first-order valence-electron chi connectivity index (χ1n) is 10.6. The monoisotopic (exact) mass is 516 g/mol. The molecule has 2 aromatic carbocycles. The van der Waals surface area contributed by atoms with Crippen LogP contribution in [0.2, 0.25) is 10.0 Å². The van der Waals surface area contributed by atoms with E-state index in [-0.39, 0.29) is 32.4 Å². The minimum Gasteiger partial charge on any atom is -0.478 e. The number of halogens is 2. The predicted octanol–water partition coefficient (Wildman–Crippen LogP) is 5.81. The first-order chi connectivity index (χ1) is 16.3. The molecular formula is C25H22Cl2N2O4S. The molecule has 0 spiro atoms. The van der Waals surface area contributed by atoms with Gasteiger partial charge in [-0.25, -0.2) is 4.79 Å². The number of carbonyl (C=O) groups is 2. The van der Waals surface area contributed by atoms with Gasteiger partial charge in [-0.05, 0) is 48.8 Å². The third-order valence-electron chi connectivity index (χ3n) is 5.58. The van der Waals surface area contributed by atoms with Crippen LogP contribution in [0, 0.1) is 0 Å². The van der Waals surface area contributed by atoms with E-state index in [1.807, 2.05) is 24.3 Å². The highest BCUT2D eigenvalue weighted by Crippen LogP contribution is 2.41. The summed E-state index contributed by atoms with van der Waals surface area (Å²) in [6.45, 7) is 5.02. The Hall–Kier alpha value is -2.87. The van der Waals surface area contributed by atoms with Gasteiger partial charge in [0.1, 0.15) is 16.4 Å². The van der Waals surface area contributed by atoms with Crippen LogP contribution in [0.4, 0.5) is 11.4 Å². The highest BCUT2D eigenvalue weighted by atomic mass is 35.5. The number of benzene rings is 2. The Bertz CT molecular complexity index is 1220. The van der Waals surface area contributed by atoms with E-state index in [9.17, 15) is 9.59 Å². The van der Waals surface area contributed by atoms with Crippen LogP contribution in [-0.2, 0) is 9.59 Å². The van der Waals surface area contributed by atoms with Gasteiger partial charge >= 0.3 is 5.97 Å². The summed E-state index contributed by atoms with van der Waals surface area (Å²) in [5.74, 6) is -1.11. The number of anilines is 2. The van der Waals surface area contributed by atoms with Crippen molar-refractivity contribution in [1.29, 1.82) is 0 Å². The zero-order valence-electron chi connectivity index (χ0n) is 18.1. The summed E-state index contributed by atoms with van der Waals surface area (Å²) < 4.78 is 5.86. The first kappa shape index (κ1) is 24.3. The van der Waals surface area contributed by atoms with Gasteiger partial charge in [-0.2, -0.15) is 0 Å². The van der Waals surface area contributed by atoms with Gasteiger partial charge in [-0.3, -0.25) is 4.79 Å². The number of thiol groups is 1. The summed E-state index contributed by atoms with van der Waals surface area (Å²) in [5, 5.41) is 9.23. The Kier molecular flexibility index (Phi) is 7.26. The highest BCUT2D eigenvalue weighted by molar-refractivity contribution is 7.85. The van der Waals surface area contributed by atoms with Crippen molar-refractivity contribution in [1.82, 2.24) is 0 Å². The van der Waals surface area contributed by atoms with Gasteiger partial charge in [0.25, 0.3) is 5.91 Å². The SMILES string of the molecule is C=C/C(Oc1cc(Cl)c(/C=C/C(=O)O)cc1Cl)=C(\S)C(=O)N1CCN(C2CC2)c2ccccc21. The van der Waals surface area contributed by atoms with Crippen LogP contribution in [-0.4, -0.2) is 36.1 Å². The second-order valence-electron chi connectivity index (χ2n) is 7.86. The quantitative estimate of drug-likeness (QED) is 0.210. The Labute approximate surface area is 213 Å². The van der Waals surface area contributed by atoms with E-state index in [0.29, 0.717) is 18.2 Å². The molecule has 2 aromatic rings. The van der Waals surface area contributed by atoms with Gasteiger partial charge in [0.2, 0.25) is 0 Å². The van der Waals surface area contributed by atoms with Crippen molar-refractivity contribution < 1.29 is 19.4 Å². The fraction of sp³-hybridized carbons (Fsp3) is 0.200. The number of fused-ring (bicyclic) bond motifs is 1. The molecule has 0 aromatic heterocycles. The molecule has 1 aliphatic heterocycles. The van der Waals surface area contributed by atoms with Gasteiger partial charge < -0.3 is 19.6 Å². The van der Waals surface area contributed by atoms with Crippen LogP contribution in [0.3, 0.4) is 0 Å². The number of nitrogens with zero attached hydrogens (tertiary/aromatic N) is 2. The molecular weight excluding hydrogens is 495 g/mol. The highest BCUT2D eigenvalue weighted by Gasteiger charge is 2.36. The van der Waals surface area contributed by atoms with Crippen molar-refractivity contribution in [3.63, 3.8) is 0 Å². The lowest BCUT2D eigenvalue weighted by atomic mass is 10.1. The fourth-order valence-corrected chi connectivity index (χ4v) is 4.49. The molecule has 9 heteroatoms. The van der Waals surface area contributed by atoms with Crippen molar-refractivity contribution in [2.24, 2.45) is 0 Å². The van der Waals surface area contributed by atoms with Crippen LogP contribution < -0.4 is 14.5 Å². The average Bonchev–Trinajstić information content (AvgIpc) is 3.67. The molecule has 1 saturated carbocycles. The molecule has 1 fully saturated rings. The van der Waals surface area contributed by atoms with Gasteiger partial charge in [-0.15, -0.1) is 12.6 Å². The maximum Gasteiger partial charge on any atom is 0.328 e. The predicted molar refractivity (Wildman–Crippen MR) is 139 cm³/mol.